The molecule has 0 aliphatic rings. The molecule has 0 aromatic heterocycles. The van der Waals surface area contributed by atoms with Crippen molar-refractivity contribution in [1.29, 1.82) is 0 Å². The summed E-state index contributed by atoms with van der Waals surface area (Å²) in [6.07, 6.45) is 21.0. The molecule has 1 N–H and O–H groups in total. The van der Waals surface area contributed by atoms with Crippen molar-refractivity contribution in [3.8, 4) is 0 Å². The lowest BCUT2D eigenvalue weighted by molar-refractivity contribution is -0.0504. The first-order chi connectivity index (χ1) is 18.6. The Morgan fingerprint density at radius 3 is 1.79 bits per heavy atom. The molecule has 6 nitrogen and oxygen atoms in total. The van der Waals surface area contributed by atoms with Gasteiger partial charge in [-0.25, -0.2) is 4.57 Å². The van der Waals surface area contributed by atoms with E-state index in [-0.39, 0.29) is 13.2 Å². The quantitative estimate of drug-likeness (QED) is 0.0571. The minimum absolute atomic E-state index is 0.0676. The Labute approximate surface area is 241 Å². The average Bonchev–Trinajstić information content (AvgIpc) is 2.93. The van der Waals surface area contributed by atoms with Crippen molar-refractivity contribution in [2.75, 3.05) is 31.8 Å². The molecule has 0 aliphatic carbocycles. The largest absolute Gasteiger partial charge is 0.472 e. The Morgan fingerprint density at radius 1 is 0.737 bits per heavy atom. The van der Waals surface area contributed by atoms with Gasteiger partial charge in [-0.2, -0.15) is 0 Å². The molecule has 0 saturated heterocycles. The van der Waals surface area contributed by atoms with Gasteiger partial charge >= 0.3 is 7.82 Å². The first-order valence-corrected chi connectivity index (χ1v) is 17.6. The summed E-state index contributed by atoms with van der Waals surface area (Å²) < 4.78 is 33.7. The molecule has 38 heavy (non-hydrogen) atoms. The monoisotopic (exact) mass is 620 g/mol. The Hall–Kier alpha value is -0.270. The number of rotatable bonds is 28. The second-order valence-electron chi connectivity index (χ2n) is 10.1. The van der Waals surface area contributed by atoms with Crippen molar-refractivity contribution >= 4 is 23.8 Å². The van der Waals surface area contributed by atoms with Crippen LogP contribution in [-0.2, 0) is 29.7 Å². The maximum atomic E-state index is 12.0. The third-order valence-corrected chi connectivity index (χ3v) is 7.84. The third-order valence-electron chi connectivity index (χ3n) is 6.53. The number of phosphoric acid groups is 1. The molecular formula is C30H54BrO6P. The lowest BCUT2D eigenvalue weighted by Crippen LogP contribution is -2.25. The molecule has 1 aromatic carbocycles. The van der Waals surface area contributed by atoms with Gasteiger partial charge in [0.15, 0.2) is 0 Å². The second kappa shape index (κ2) is 25.7. The Bertz CT molecular complexity index is 678. The molecule has 0 spiro atoms. The van der Waals surface area contributed by atoms with E-state index in [0.717, 1.165) is 18.4 Å². The highest BCUT2D eigenvalue weighted by molar-refractivity contribution is 9.09. The van der Waals surface area contributed by atoms with Crippen molar-refractivity contribution in [1.82, 2.24) is 0 Å². The van der Waals surface area contributed by atoms with E-state index in [9.17, 15) is 9.46 Å². The van der Waals surface area contributed by atoms with E-state index in [0.29, 0.717) is 25.2 Å². The highest BCUT2D eigenvalue weighted by atomic mass is 79.9. The molecule has 1 rings (SSSR count). The number of halogens is 1. The van der Waals surface area contributed by atoms with Crippen LogP contribution in [0.4, 0.5) is 0 Å². The molecule has 0 heterocycles. The van der Waals surface area contributed by atoms with E-state index in [1.54, 1.807) is 0 Å². The molecule has 8 heteroatoms. The van der Waals surface area contributed by atoms with Crippen LogP contribution in [0.2, 0.25) is 0 Å². The van der Waals surface area contributed by atoms with Crippen molar-refractivity contribution < 1.29 is 28.0 Å². The smallest absolute Gasteiger partial charge is 0.379 e. The second-order valence-corrected chi connectivity index (χ2v) is 12.3. The molecule has 1 aromatic rings. The maximum absolute atomic E-state index is 12.0. The number of ether oxygens (including phenoxy) is 2. The maximum Gasteiger partial charge on any atom is 0.472 e. The van der Waals surface area contributed by atoms with E-state index in [2.05, 4.69) is 22.9 Å². The summed E-state index contributed by atoms with van der Waals surface area (Å²) >= 11 is 3.17. The van der Waals surface area contributed by atoms with Crippen LogP contribution in [0.1, 0.15) is 115 Å². The Morgan fingerprint density at radius 2 is 1.26 bits per heavy atom. The summed E-state index contributed by atoms with van der Waals surface area (Å²) in [6, 6.07) is 9.81. The molecule has 2 atom stereocenters. The van der Waals surface area contributed by atoms with E-state index < -0.39 is 13.9 Å². The predicted octanol–water partition coefficient (Wildman–Crippen LogP) is 9.38. The van der Waals surface area contributed by atoms with Gasteiger partial charge in [-0.15, -0.1) is 0 Å². The summed E-state index contributed by atoms with van der Waals surface area (Å²) in [4.78, 5) is 9.80. The van der Waals surface area contributed by atoms with Crippen molar-refractivity contribution in [3.63, 3.8) is 0 Å². The molecule has 0 amide bonds. The first kappa shape index (κ1) is 35.8. The Kier molecular flexibility index (Phi) is 24.2. The average molecular weight is 622 g/mol. The normalized spacial score (nSPS) is 14.0. The number of hydrogen-bond acceptors (Lipinski definition) is 5. The zero-order valence-corrected chi connectivity index (χ0v) is 26.3. The van der Waals surface area contributed by atoms with Gasteiger partial charge in [0.1, 0.15) is 6.10 Å². The van der Waals surface area contributed by atoms with Crippen LogP contribution in [0.25, 0.3) is 0 Å². The molecular weight excluding hydrogens is 567 g/mol. The van der Waals surface area contributed by atoms with Crippen LogP contribution in [0.5, 0.6) is 0 Å². The standard InChI is InChI=1S/C30H54BrO6P/c1-2-3-4-5-6-7-8-9-10-11-12-13-14-15-16-20-24-34-27-30(28-37-38(32,33)36-25-23-31)35-26-29-21-18-17-19-22-29/h17-19,21-22,30H,2-16,20,23-28H2,1H3,(H,32,33)/t30-/m1/s1. The highest BCUT2D eigenvalue weighted by Crippen LogP contribution is 2.43. The first-order valence-electron chi connectivity index (χ1n) is 15.0. The van der Waals surface area contributed by atoms with E-state index >= 15 is 0 Å². The van der Waals surface area contributed by atoms with Gasteiger partial charge in [0.2, 0.25) is 0 Å². The fourth-order valence-corrected chi connectivity index (χ4v) is 5.43. The summed E-state index contributed by atoms with van der Waals surface area (Å²) in [6.45, 7) is 3.65. The summed E-state index contributed by atoms with van der Waals surface area (Å²) in [5.41, 5.74) is 1.03. The molecule has 0 bridgehead atoms. The summed E-state index contributed by atoms with van der Waals surface area (Å²) in [5, 5.41) is 0.456. The zero-order chi connectivity index (χ0) is 27.6. The molecule has 0 aliphatic heterocycles. The number of benzene rings is 1. The van der Waals surface area contributed by atoms with Gasteiger partial charge in [-0.1, -0.05) is 149 Å². The van der Waals surface area contributed by atoms with Gasteiger partial charge in [0, 0.05) is 11.9 Å². The van der Waals surface area contributed by atoms with Gasteiger partial charge in [0.05, 0.1) is 26.4 Å². The molecule has 222 valence electrons. The highest BCUT2D eigenvalue weighted by Gasteiger charge is 2.23. The fourth-order valence-electron chi connectivity index (χ4n) is 4.26. The van der Waals surface area contributed by atoms with Gasteiger partial charge in [-0.3, -0.25) is 9.05 Å². The number of unbranched alkanes of at least 4 members (excludes halogenated alkanes) is 15. The third kappa shape index (κ3) is 22.5. The van der Waals surface area contributed by atoms with E-state index in [1.807, 2.05) is 30.3 Å². The minimum Gasteiger partial charge on any atom is -0.379 e. The van der Waals surface area contributed by atoms with Crippen molar-refractivity contribution in [3.05, 3.63) is 35.9 Å². The summed E-state index contributed by atoms with van der Waals surface area (Å²) in [7, 11) is -4.10. The number of alkyl halides is 1. The van der Waals surface area contributed by atoms with Crippen molar-refractivity contribution in [2.24, 2.45) is 0 Å². The van der Waals surface area contributed by atoms with Crippen LogP contribution in [0, 0.1) is 0 Å². The predicted molar refractivity (Wildman–Crippen MR) is 161 cm³/mol. The van der Waals surface area contributed by atoms with E-state index in [1.165, 1.54) is 89.9 Å². The van der Waals surface area contributed by atoms with Gasteiger partial charge < -0.3 is 14.4 Å². The SMILES string of the molecule is CCCCCCCCCCCCCCCCCCOC[C@H](COP(=O)(O)OCCBr)OCc1ccccc1. The summed E-state index contributed by atoms with van der Waals surface area (Å²) in [5.74, 6) is 0. The molecule has 1 unspecified atom stereocenters. The zero-order valence-electron chi connectivity index (χ0n) is 23.8. The number of hydrogen-bond donors (Lipinski definition) is 1. The van der Waals surface area contributed by atoms with Gasteiger partial charge in [-0.05, 0) is 12.0 Å². The lowest BCUT2D eigenvalue weighted by Gasteiger charge is -2.20. The van der Waals surface area contributed by atoms with Crippen molar-refractivity contribution in [2.45, 2.75) is 122 Å². The number of phosphoric ester groups is 1. The fraction of sp³-hybridized carbons (Fsp3) is 0.800. The van der Waals surface area contributed by atoms with Gasteiger partial charge in [0.25, 0.3) is 0 Å². The van der Waals surface area contributed by atoms with Crippen LogP contribution in [-0.4, -0.2) is 42.8 Å². The van der Waals surface area contributed by atoms with Crippen LogP contribution >= 0.6 is 23.8 Å². The van der Waals surface area contributed by atoms with Crippen LogP contribution in [0.3, 0.4) is 0 Å². The van der Waals surface area contributed by atoms with E-state index in [4.69, 9.17) is 18.5 Å². The Balaban J connectivity index is 2.06. The van der Waals surface area contributed by atoms with Crippen LogP contribution in [0.15, 0.2) is 30.3 Å². The molecule has 0 fully saturated rings. The van der Waals surface area contributed by atoms with Crippen LogP contribution < -0.4 is 0 Å². The minimum atomic E-state index is -4.10. The topological polar surface area (TPSA) is 74.2 Å². The lowest BCUT2D eigenvalue weighted by atomic mass is 10.0. The molecule has 0 radical (unpaired) electrons. The molecule has 0 saturated carbocycles.